The van der Waals surface area contributed by atoms with Crippen molar-refractivity contribution in [2.24, 2.45) is 5.92 Å². The zero-order valence-electron chi connectivity index (χ0n) is 12.0. The Kier molecular flexibility index (Phi) is 2.64. The highest BCUT2D eigenvalue weighted by molar-refractivity contribution is 5.95. The largest absolute Gasteiger partial charge is 0.417 e. The van der Waals surface area contributed by atoms with Gasteiger partial charge in [0.05, 0.1) is 23.0 Å². The van der Waals surface area contributed by atoms with Crippen molar-refractivity contribution in [2.75, 3.05) is 0 Å². The maximum absolute atomic E-state index is 12.2. The zero-order valence-corrected chi connectivity index (χ0v) is 12.0. The van der Waals surface area contributed by atoms with Gasteiger partial charge in [0.2, 0.25) is 0 Å². The fourth-order valence-corrected chi connectivity index (χ4v) is 3.46. The highest BCUT2D eigenvalue weighted by Gasteiger charge is 2.62. The highest BCUT2D eigenvalue weighted by atomic mass is 16.7. The number of benzene rings is 2. The van der Waals surface area contributed by atoms with E-state index in [1.165, 1.54) is 0 Å². The second-order valence-electron chi connectivity index (χ2n) is 5.70. The summed E-state index contributed by atoms with van der Waals surface area (Å²) >= 11 is 0. The van der Waals surface area contributed by atoms with Crippen LogP contribution in [0.25, 0.3) is 0 Å². The van der Waals surface area contributed by atoms with Gasteiger partial charge in [0.1, 0.15) is 0 Å². The summed E-state index contributed by atoms with van der Waals surface area (Å²) in [5.74, 6) is -2.88. The van der Waals surface area contributed by atoms with E-state index in [0.717, 1.165) is 5.56 Å². The van der Waals surface area contributed by atoms with E-state index in [9.17, 15) is 9.59 Å². The van der Waals surface area contributed by atoms with E-state index >= 15 is 0 Å². The molecule has 110 valence electrons. The first-order chi connectivity index (χ1) is 10.6. The van der Waals surface area contributed by atoms with Gasteiger partial charge in [-0.25, -0.2) is 4.79 Å². The van der Waals surface area contributed by atoms with Crippen LogP contribution in [0.5, 0.6) is 0 Å². The van der Waals surface area contributed by atoms with E-state index in [1.807, 2.05) is 43.3 Å². The Labute approximate surface area is 127 Å². The molecule has 0 radical (unpaired) electrons. The molecule has 0 saturated carbocycles. The third kappa shape index (κ3) is 1.58. The summed E-state index contributed by atoms with van der Waals surface area (Å²) in [5, 5.41) is 0. The molecule has 2 heterocycles. The van der Waals surface area contributed by atoms with Crippen molar-refractivity contribution in [3.63, 3.8) is 0 Å². The second-order valence-corrected chi connectivity index (χ2v) is 5.70. The number of carbonyl (C=O) groups is 2. The third-order valence-electron chi connectivity index (χ3n) is 4.46. The van der Waals surface area contributed by atoms with Gasteiger partial charge in [-0.15, -0.1) is 0 Å². The molecule has 4 rings (SSSR count). The summed E-state index contributed by atoms with van der Waals surface area (Å²) in [7, 11) is 0. The fourth-order valence-electron chi connectivity index (χ4n) is 3.46. The lowest BCUT2D eigenvalue weighted by atomic mass is 9.80. The Morgan fingerprint density at radius 2 is 1.59 bits per heavy atom. The normalized spacial score (nSPS) is 29.3. The number of hydrogen-bond donors (Lipinski definition) is 0. The van der Waals surface area contributed by atoms with Gasteiger partial charge in [0.25, 0.3) is 5.79 Å². The average molecular weight is 294 g/mol. The minimum Gasteiger partial charge on any atom is -0.417 e. The van der Waals surface area contributed by atoms with Crippen LogP contribution in [0.2, 0.25) is 0 Å². The van der Waals surface area contributed by atoms with Crippen molar-refractivity contribution < 1.29 is 19.1 Å². The van der Waals surface area contributed by atoms with Gasteiger partial charge in [0.15, 0.2) is 0 Å². The van der Waals surface area contributed by atoms with Crippen LogP contribution in [-0.2, 0) is 20.1 Å². The number of esters is 2. The topological polar surface area (TPSA) is 52.6 Å². The van der Waals surface area contributed by atoms with Gasteiger partial charge >= 0.3 is 11.9 Å². The first kappa shape index (κ1) is 13.1. The summed E-state index contributed by atoms with van der Waals surface area (Å²) in [5.41, 5.74) is 2.02. The van der Waals surface area contributed by atoms with Gasteiger partial charge in [0, 0.05) is 0 Å². The van der Waals surface area contributed by atoms with Crippen molar-refractivity contribution in [3.8, 4) is 0 Å². The van der Waals surface area contributed by atoms with Crippen molar-refractivity contribution in [3.05, 3.63) is 71.3 Å². The predicted molar refractivity (Wildman–Crippen MR) is 78.0 cm³/mol. The van der Waals surface area contributed by atoms with Crippen LogP contribution in [0.3, 0.4) is 0 Å². The number of ether oxygens (including phenoxy) is 2. The lowest BCUT2D eigenvalue weighted by molar-refractivity contribution is -0.193. The van der Waals surface area contributed by atoms with Crippen LogP contribution < -0.4 is 0 Å². The molecule has 2 aromatic rings. The minimum absolute atomic E-state index is 0.349. The summed E-state index contributed by atoms with van der Waals surface area (Å²) in [4.78, 5) is 24.4. The molecule has 2 aliphatic heterocycles. The first-order valence-electron chi connectivity index (χ1n) is 7.24. The number of fused-ring (bicyclic) bond motifs is 2. The first-order valence-corrected chi connectivity index (χ1v) is 7.24. The quantitative estimate of drug-likeness (QED) is 0.759. The van der Waals surface area contributed by atoms with E-state index in [-0.39, 0.29) is 17.8 Å². The maximum atomic E-state index is 12.2. The van der Waals surface area contributed by atoms with Crippen LogP contribution >= 0.6 is 0 Å². The van der Waals surface area contributed by atoms with Gasteiger partial charge in [-0.2, -0.15) is 0 Å². The molecule has 2 aromatic carbocycles. The predicted octanol–water partition coefficient (Wildman–Crippen LogP) is 2.99. The molecule has 0 bridgehead atoms. The number of hydrogen-bond acceptors (Lipinski definition) is 4. The summed E-state index contributed by atoms with van der Waals surface area (Å²) in [6.07, 6.45) is 0. The van der Waals surface area contributed by atoms with E-state index < -0.39 is 11.8 Å². The molecule has 4 heteroatoms. The van der Waals surface area contributed by atoms with Gasteiger partial charge in [-0.05, 0) is 11.6 Å². The molecule has 0 N–H and O–H groups in total. The smallest absolute Gasteiger partial charge is 0.342 e. The lowest BCUT2D eigenvalue weighted by Gasteiger charge is -2.29. The minimum atomic E-state index is -1.34. The van der Waals surface area contributed by atoms with Gasteiger partial charge in [-0.3, -0.25) is 4.79 Å². The van der Waals surface area contributed by atoms with E-state index in [4.69, 9.17) is 9.47 Å². The summed E-state index contributed by atoms with van der Waals surface area (Å²) in [6, 6.07) is 16.7. The monoisotopic (exact) mass is 294 g/mol. The Morgan fingerprint density at radius 1 is 0.909 bits per heavy atom. The lowest BCUT2D eigenvalue weighted by Crippen LogP contribution is -2.32. The molecule has 0 aliphatic carbocycles. The van der Waals surface area contributed by atoms with Gasteiger partial charge < -0.3 is 9.47 Å². The number of carbonyl (C=O) groups excluding carboxylic acids is 2. The molecule has 3 atom stereocenters. The molecular formula is C18H14O4. The zero-order chi connectivity index (χ0) is 15.3. The standard InChI is InChI=1S/C18H14O4/c1-11-15(12-7-3-2-4-8-12)18(21-16(11)19)14-10-6-5-9-13(14)17(20)22-18/h2-11,15H,1H3/t11-,15+,18+/m0/s1. The Morgan fingerprint density at radius 3 is 2.36 bits per heavy atom. The molecule has 0 aromatic heterocycles. The molecular weight excluding hydrogens is 280 g/mol. The molecule has 2 aliphatic rings. The molecule has 1 saturated heterocycles. The molecule has 0 amide bonds. The summed E-state index contributed by atoms with van der Waals surface area (Å²) in [6.45, 7) is 1.81. The third-order valence-corrected chi connectivity index (χ3v) is 4.46. The molecule has 1 spiro atoms. The molecule has 1 fully saturated rings. The Hall–Kier alpha value is -2.62. The Balaban J connectivity index is 1.94. The van der Waals surface area contributed by atoms with E-state index in [1.54, 1.807) is 18.2 Å². The highest BCUT2D eigenvalue weighted by Crippen LogP contribution is 2.55. The molecule has 0 unspecified atom stereocenters. The molecule has 22 heavy (non-hydrogen) atoms. The SMILES string of the molecule is C[C@@H]1C(=O)O[C@]2(OC(=O)c3ccccc32)[C@H]1c1ccccc1. The van der Waals surface area contributed by atoms with Crippen molar-refractivity contribution in [1.82, 2.24) is 0 Å². The van der Waals surface area contributed by atoms with Crippen LogP contribution in [0, 0.1) is 5.92 Å². The number of rotatable bonds is 1. The summed E-state index contributed by atoms with van der Waals surface area (Å²) < 4.78 is 11.2. The van der Waals surface area contributed by atoms with E-state index in [2.05, 4.69) is 0 Å². The average Bonchev–Trinajstić information content (AvgIpc) is 2.95. The fraction of sp³-hybridized carbons (Fsp3) is 0.222. The van der Waals surface area contributed by atoms with Crippen LogP contribution in [-0.4, -0.2) is 11.9 Å². The van der Waals surface area contributed by atoms with Crippen molar-refractivity contribution in [2.45, 2.75) is 18.6 Å². The van der Waals surface area contributed by atoms with Crippen LogP contribution in [0.1, 0.15) is 34.3 Å². The Bertz CT molecular complexity index is 764. The van der Waals surface area contributed by atoms with Crippen molar-refractivity contribution in [1.29, 1.82) is 0 Å². The van der Waals surface area contributed by atoms with Gasteiger partial charge in [-0.1, -0.05) is 55.5 Å². The second kappa shape index (κ2) is 4.44. The van der Waals surface area contributed by atoms with Crippen LogP contribution in [0.15, 0.2) is 54.6 Å². The van der Waals surface area contributed by atoms with E-state index in [0.29, 0.717) is 11.1 Å². The maximum Gasteiger partial charge on any atom is 0.342 e. The van der Waals surface area contributed by atoms with Crippen molar-refractivity contribution >= 4 is 11.9 Å². The molecule has 4 nitrogen and oxygen atoms in total. The van der Waals surface area contributed by atoms with Crippen LogP contribution in [0.4, 0.5) is 0 Å².